The van der Waals surface area contributed by atoms with Gasteiger partial charge in [-0.05, 0) is 37.1 Å². The minimum Gasteiger partial charge on any atom is -0.324 e. The summed E-state index contributed by atoms with van der Waals surface area (Å²) >= 11 is 0. The van der Waals surface area contributed by atoms with E-state index in [-0.39, 0.29) is 10.6 Å². The average Bonchev–Trinajstić information content (AvgIpc) is 2.96. The Hall–Kier alpha value is -2.59. The van der Waals surface area contributed by atoms with Crippen molar-refractivity contribution in [2.75, 3.05) is 18.4 Å². The van der Waals surface area contributed by atoms with Crippen LogP contribution in [0.1, 0.15) is 25.7 Å². The molecule has 1 fully saturated rings. The highest BCUT2D eigenvalue weighted by Gasteiger charge is 2.28. The second-order valence-corrected chi connectivity index (χ2v) is 8.71. The quantitative estimate of drug-likeness (QED) is 0.796. The summed E-state index contributed by atoms with van der Waals surface area (Å²) in [4.78, 5) is 24.5. The number of nitrogens with zero attached hydrogens (tertiary/aromatic N) is 2. The summed E-state index contributed by atoms with van der Waals surface area (Å²) in [6.07, 6.45) is 4.65. The first-order valence-electron chi connectivity index (χ1n) is 9.23. The van der Waals surface area contributed by atoms with Crippen molar-refractivity contribution in [1.29, 1.82) is 0 Å². The lowest BCUT2D eigenvalue weighted by atomic mass is 10.2. The number of halogens is 2. The van der Waals surface area contributed by atoms with E-state index < -0.39 is 39.7 Å². The molecular weight excluding hydrogens is 404 g/mol. The van der Waals surface area contributed by atoms with Gasteiger partial charge in [0.1, 0.15) is 11.4 Å². The maximum atomic E-state index is 13.3. The standard InChI is InChI=1S/C19H21F2N3O4S/c20-15-8-7-14(12-16(15)21)22-18(25)13-23-9-5-6-17(19(23)26)29(27,28)24-10-3-1-2-4-11-24/h5-9,12H,1-4,10-11,13H2,(H,22,25). The van der Waals surface area contributed by atoms with E-state index in [9.17, 15) is 26.8 Å². The van der Waals surface area contributed by atoms with Gasteiger partial charge >= 0.3 is 0 Å². The number of nitrogens with one attached hydrogen (secondary N) is 1. The zero-order chi connectivity index (χ0) is 21.0. The van der Waals surface area contributed by atoms with Crippen LogP contribution in [0.2, 0.25) is 0 Å². The Morgan fingerprint density at radius 3 is 2.38 bits per heavy atom. The lowest BCUT2D eigenvalue weighted by molar-refractivity contribution is -0.116. The van der Waals surface area contributed by atoms with E-state index in [1.807, 2.05) is 0 Å². The molecule has 0 bridgehead atoms. The van der Waals surface area contributed by atoms with Gasteiger partial charge in [-0.3, -0.25) is 9.59 Å². The lowest BCUT2D eigenvalue weighted by Crippen LogP contribution is -2.37. The fourth-order valence-corrected chi connectivity index (χ4v) is 4.79. The van der Waals surface area contributed by atoms with E-state index in [2.05, 4.69) is 5.32 Å². The average molecular weight is 425 g/mol. The molecule has 0 saturated carbocycles. The van der Waals surface area contributed by atoms with E-state index in [1.165, 1.54) is 28.7 Å². The fourth-order valence-electron chi connectivity index (χ4n) is 3.19. The first-order chi connectivity index (χ1) is 13.8. The van der Waals surface area contributed by atoms with Gasteiger partial charge in [0.15, 0.2) is 11.6 Å². The van der Waals surface area contributed by atoms with Gasteiger partial charge in [0.2, 0.25) is 15.9 Å². The Morgan fingerprint density at radius 1 is 1.03 bits per heavy atom. The molecule has 1 aliphatic rings. The molecule has 2 aromatic rings. The molecule has 0 radical (unpaired) electrons. The second kappa shape index (κ2) is 8.83. The summed E-state index contributed by atoms with van der Waals surface area (Å²) in [6, 6.07) is 5.48. The summed E-state index contributed by atoms with van der Waals surface area (Å²) in [5.74, 6) is -2.85. The van der Waals surface area contributed by atoms with Crippen LogP contribution in [0.25, 0.3) is 0 Å². The number of hydrogen-bond acceptors (Lipinski definition) is 4. The van der Waals surface area contributed by atoms with Gasteiger partial charge in [0, 0.05) is 31.0 Å². The van der Waals surface area contributed by atoms with Gasteiger partial charge < -0.3 is 9.88 Å². The molecule has 1 aromatic carbocycles. The Kier molecular flexibility index (Phi) is 6.43. The molecule has 29 heavy (non-hydrogen) atoms. The highest BCUT2D eigenvalue weighted by molar-refractivity contribution is 7.89. The van der Waals surface area contributed by atoms with Crippen LogP contribution in [0.5, 0.6) is 0 Å². The van der Waals surface area contributed by atoms with Crippen LogP contribution in [0, 0.1) is 11.6 Å². The molecule has 0 unspecified atom stereocenters. The molecule has 3 rings (SSSR count). The summed E-state index contributed by atoms with van der Waals surface area (Å²) in [6.45, 7) is 0.238. The van der Waals surface area contributed by atoms with Gasteiger partial charge in [-0.2, -0.15) is 4.31 Å². The van der Waals surface area contributed by atoms with E-state index in [1.54, 1.807) is 0 Å². The number of carbonyl (C=O) groups is 1. The highest BCUT2D eigenvalue weighted by Crippen LogP contribution is 2.18. The highest BCUT2D eigenvalue weighted by atomic mass is 32.2. The molecule has 2 heterocycles. The van der Waals surface area contributed by atoms with Gasteiger partial charge in [-0.15, -0.1) is 0 Å². The molecule has 0 atom stereocenters. The van der Waals surface area contributed by atoms with Gasteiger partial charge in [-0.25, -0.2) is 17.2 Å². The smallest absolute Gasteiger partial charge is 0.271 e. The molecule has 156 valence electrons. The van der Waals surface area contributed by atoms with E-state index >= 15 is 0 Å². The number of hydrogen-bond donors (Lipinski definition) is 1. The largest absolute Gasteiger partial charge is 0.324 e. The van der Waals surface area contributed by atoms with Crippen LogP contribution in [0.15, 0.2) is 46.2 Å². The van der Waals surface area contributed by atoms with Gasteiger partial charge in [-0.1, -0.05) is 12.8 Å². The first-order valence-corrected chi connectivity index (χ1v) is 10.7. The van der Waals surface area contributed by atoms with E-state index in [0.29, 0.717) is 13.1 Å². The van der Waals surface area contributed by atoms with Crippen molar-refractivity contribution in [3.05, 3.63) is 58.5 Å². The minimum atomic E-state index is -3.97. The van der Waals surface area contributed by atoms with E-state index in [0.717, 1.165) is 42.4 Å². The molecule has 0 spiro atoms. The molecule has 10 heteroatoms. The van der Waals surface area contributed by atoms with Crippen molar-refractivity contribution >= 4 is 21.6 Å². The van der Waals surface area contributed by atoms with Crippen LogP contribution in [-0.2, 0) is 21.4 Å². The molecule has 1 aromatic heterocycles. The van der Waals surface area contributed by atoms with Crippen LogP contribution in [-0.4, -0.2) is 36.3 Å². The third-order valence-electron chi connectivity index (χ3n) is 4.69. The number of pyridine rings is 1. The van der Waals surface area contributed by atoms with Crippen molar-refractivity contribution in [1.82, 2.24) is 8.87 Å². The summed E-state index contributed by atoms with van der Waals surface area (Å²) in [7, 11) is -3.97. The lowest BCUT2D eigenvalue weighted by Gasteiger charge is -2.20. The SMILES string of the molecule is O=C(Cn1cccc(S(=O)(=O)N2CCCCCC2)c1=O)Nc1ccc(F)c(F)c1. The van der Waals surface area contributed by atoms with E-state index in [4.69, 9.17) is 0 Å². The van der Waals surface area contributed by atoms with Crippen molar-refractivity contribution in [3.8, 4) is 0 Å². The van der Waals surface area contributed by atoms with Crippen LogP contribution < -0.4 is 10.9 Å². The van der Waals surface area contributed by atoms with Gasteiger partial charge in [0.25, 0.3) is 5.56 Å². The fraction of sp³-hybridized carbons (Fsp3) is 0.368. The van der Waals surface area contributed by atoms with Crippen LogP contribution >= 0.6 is 0 Å². The topological polar surface area (TPSA) is 88.5 Å². The van der Waals surface area contributed by atoms with Crippen LogP contribution in [0.3, 0.4) is 0 Å². The second-order valence-electron chi connectivity index (χ2n) is 6.80. The molecule has 0 aliphatic carbocycles. The first kappa shape index (κ1) is 21.1. The zero-order valence-electron chi connectivity index (χ0n) is 15.6. The van der Waals surface area contributed by atoms with Crippen molar-refractivity contribution in [3.63, 3.8) is 0 Å². The number of rotatable bonds is 5. The number of sulfonamides is 1. The van der Waals surface area contributed by atoms with Crippen molar-refractivity contribution in [2.45, 2.75) is 37.1 Å². The Bertz CT molecular complexity index is 1060. The minimum absolute atomic E-state index is 0.0234. The molecular formula is C19H21F2N3O4S. The molecule has 1 saturated heterocycles. The zero-order valence-corrected chi connectivity index (χ0v) is 16.4. The van der Waals surface area contributed by atoms with Crippen molar-refractivity contribution < 1.29 is 22.0 Å². The Balaban J connectivity index is 1.80. The number of carbonyl (C=O) groups excluding carboxylic acids is 1. The molecule has 7 nitrogen and oxygen atoms in total. The maximum absolute atomic E-state index is 13.3. The predicted octanol–water partition coefficient (Wildman–Crippen LogP) is 2.33. The molecule has 1 N–H and O–H groups in total. The molecule has 1 amide bonds. The normalized spacial score (nSPS) is 15.7. The third-order valence-corrected chi connectivity index (χ3v) is 6.60. The number of aromatic nitrogens is 1. The van der Waals surface area contributed by atoms with Crippen molar-refractivity contribution in [2.24, 2.45) is 0 Å². The predicted molar refractivity (Wildman–Crippen MR) is 103 cm³/mol. The summed E-state index contributed by atoms with van der Waals surface area (Å²) in [5.41, 5.74) is -0.785. The third kappa shape index (κ3) is 4.88. The maximum Gasteiger partial charge on any atom is 0.271 e. The summed E-state index contributed by atoms with van der Waals surface area (Å²) < 4.78 is 54.3. The number of anilines is 1. The Labute approximate surface area is 167 Å². The molecule has 1 aliphatic heterocycles. The van der Waals surface area contributed by atoms with Gasteiger partial charge in [0.05, 0.1) is 0 Å². The number of benzene rings is 1. The van der Waals surface area contributed by atoms with Crippen LogP contribution in [0.4, 0.5) is 14.5 Å². The monoisotopic (exact) mass is 425 g/mol. The Morgan fingerprint density at radius 2 is 1.72 bits per heavy atom. The summed E-state index contributed by atoms with van der Waals surface area (Å²) in [5, 5.41) is 2.35. The number of amides is 1.